The molecule has 0 saturated heterocycles. The van der Waals surface area contributed by atoms with E-state index >= 15 is 0 Å². The van der Waals surface area contributed by atoms with E-state index in [2.05, 4.69) is 22.8 Å². The van der Waals surface area contributed by atoms with Crippen molar-refractivity contribution in [3.05, 3.63) is 65.9 Å². The molecule has 1 aliphatic rings. The number of aryl methyl sites for hydroxylation is 1. The van der Waals surface area contributed by atoms with Crippen molar-refractivity contribution in [2.75, 3.05) is 6.54 Å². The van der Waals surface area contributed by atoms with E-state index in [1.807, 2.05) is 31.2 Å². The second-order valence-electron chi connectivity index (χ2n) is 6.00. The number of nitrogens with zero attached hydrogens (tertiary/aromatic N) is 2. The summed E-state index contributed by atoms with van der Waals surface area (Å²) in [5.41, 5.74) is 3.28. The lowest BCUT2D eigenvalue weighted by molar-refractivity contribution is 0.345. The Balaban J connectivity index is 1.71. The van der Waals surface area contributed by atoms with Crippen LogP contribution in [-0.2, 0) is 23.1 Å². The number of benzene rings is 2. The minimum absolute atomic E-state index is 0.368. The average Bonchev–Trinajstić information content (AvgIpc) is 2.93. The van der Waals surface area contributed by atoms with Crippen LogP contribution in [0.1, 0.15) is 11.3 Å². The topological polar surface area (TPSA) is 42.3 Å². The van der Waals surface area contributed by atoms with E-state index < -0.39 is 10.0 Å². The molecule has 0 aliphatic carbocycles. The Hall–Kier alpha value is -2.11. The van der Waals surface area contributed by atoms with Gasteiger partial charge in [-0.1, -0.05) is 35.9 Å². The highest BCUT2D eigenvalue weighted by atomic mass is 32.2. The van der Waals surface area contributed by atoms with Crippen LogP contribution in [0.2, 0.25) is 0 Å². The zero-order valence-corrected chi connectivity index (χ0v) is 13.8. The Labute approximate surface area is 136 Å². The molecule has 0 fully saturated rings. The molecule has 0 unspecified atom stereocenters. The molecular weight excluding hydrogens is 308 g/mol. The van der Waals surface area contributed by atoms with Gasteiger partial charge in [0.05, 0.1) is 11.4 Å². The fourth-order valence-electron chi connectivity index (χ4n) is 3.20. The number of sulfonamides is 1. The molecule has 4 rings (SSSR count). The standard InChI is InChI=1S/C18H18N2O2S/c1-14-6-8-17(9-7-14)23(21,22)19-10-11-20-16(13-19)12-15-4-2-3-5-18(15)20/h2-9,12H,10-11,13H2,1H3. The minimum Gasteiger partial charge on any atom is -0.342 e. The zero-order valence-electron chi connectivity index (χ0n) is 12.9. The fourth-order valence-corrected chi connectivity index (χ4v) is 4.60. The van der Waals surface area contributed by atoms with Gasteiger partial charge in [-0.15, -0.1) is 0 Å². The van der Waals surface area contributed by atoms with E-state index in [-0.39, 0.29) is 0 Å². The third kappa shape index (κ3) is 2.36. The second kappa shape index (κ2) is 5.22. The van der Waals surface area contributed by atoms with Crippen LogP contribution in [0.4, 0.5) is 0 Å². The molecule has 4 nitrogen and oxygen atoms in total. The summed E-state index contributed by atoms with van der Waals surface area (Å²) >= 11 is 0. The van der Waals surface area contributed by atoms with Crippen LogP contribution in [0.3, 0.4) is 0 Å². The third-order valence-corrected chi connectivity index (χ3v) is 6.33. The molecular formula is C18H18N2O2S. The van der Waals surface area contributed by atoms with Crippen molar-refractivity contribution in [2.24, 2.45) is 0 Å². The smallest absolute Gasteiger partial charge is 0.243 e. The Morgan fingerprint density at radius 2 is 1.70 bits per heavy atom. The van der Waals surface area contributed by atoms with Crippen molar-refractivity contribution in [1.29, 1.82) is 0 Å². The lowest BCUT2D eigenvalue weighted by atomic mass is 10.2. The first-order valence-electron chi connectivity index (χ1n) is 7.70. The fraction of sp³-hybridized carbons (Fsp3) is 0.222. The molecule has 0 radical (unpaired) electrons. The number of fused-ring (bicyclic) bond motifs is 3. The Kier molecular flexibility index (Phi) is 3.28. The third-order valence-electron chi connectivity index (χ3n) is 4.47. The highest BCUT2D eigenvalue weighted by Gasteiger charge is 2.29. The number of hydrogen-bond donors (Lipinski definition) is 0. The molecule has 1 aromatic heterocycles. The lowest BCUT2D eigenvalue weighted by Gasteiger charge is -2.28. The van der Waals surface area contributed by atoms with Gasteiger partial charge in [0.15, 0.2) is 0 Å². The molecule has 2 aromatic carbocycles. The number of rotatable bonds is 2. The average molecular weight is 326 g/mol. The zero-order chi connectivity index (χ0) is 16.0. The highest BCUT2D eigenvalue weighted by molar-refractivity contribution is 7.89. The summed E-state index contributed by atoms with van der Waals surface area (Å²) in [6.07, 6.45) is 0. The molecule has 0 spiro atoms. The van der Waals surface area contributed by atoms with Crippen molar-refractivity contribution >= 4 is 20.9 Å². The molecule has 0 saturated carbocycles. The predicted octanol–water partition coefficient (Wildman–Crippen LogP) is 3.15. The van der Waals surface area contributed by atoms with E-state index in [1.54, 1.807) is 16.4 Å². The summed E-state index contributed by atoms with van der Waals surface area (Å²) in [4.78, 5) is 0.368. The maximum absolute atomic E-state index is 12.8. The Morgan fingerprint density at radius 1 is 0.957 bits per heavy atom. The van der Waals surface area contributed by atoms with Crippen LogP contribution >= 0.6 is 0 Å². The van der Waals surface area contributed by atoms with Crippen LogP contribution in [0, 0.1) is 6.92 Å². The molecule has 23 heavy (non-hydrogen) atoms. The summed E-state index contributed by atoms with van der Waals surface area (Å²) in [6.45, 7) is 3.57. The summed E-state index contributed by atoms with van der Waals surface area (Å²) in [5, 5.41) is 1.16. The van der Waals surface area contributed by atoms with Gasteiger partial charge < -0.3 is 4.57 Å². The van der Waals surface area contributed by atoms with E-state index in [0.29, 0.717) is 24.5 Å². The van der Waals surface area contributed by atoms with Crippen LogP contribution in [0.25, 0.3) is 10.9 Å². The molecule has 0 N–H and O–H groups in total. The summed E-state index contributed by atoms with van der Waals surface area (Å²) in [7, 11) is -3.44. The van der Waals surface area contributed by atoms with Gasteiger partial charge in [0.25, 0.3) is 0 Å². The first-order chi connectivity index (χ1) is 11.1. The van der Waals surface area contributed by atoms with E-state index in [4.69, 9.17) is 0 Å². The maximum Gasteiger partial charge on any atom is 0.243 e. The van der Waals surface area contributed by atoms with Crippen LogP contribution in [-0.4, -0.2) is 23.8 Å². The molecule has 118 valence electrons. The summed E-state index contributed by atoms with van der Waals surface area (Å²) < 4.78 is 29.5. The molecule has 1 aliphatic heterocycles. The van der Waals surface area contributed by atoms with Gasteiger partial charge >= 0.3 is 0 Å². The SMILES string of the molecule is Cc1ccc(S(=O)(=O)N2CCn3c(cc4ccccc43)C2)cc1. The van der Waals surface area contributed by atoms with E-state index in [1.165, 1.54) is 5.52 Å². The Bertz CT molecular complexity index is 972. The molecule has 5 heteroatoms. The number of para-hydroxylation sites is 1. The van der Waals surface area contributed by atoms with Gasteiger partial charge in [-0.2, -0.15) is 4.31 Å². The van der Waals surface area contributed by atoms with Gasteiger partial charge in [0.2, 0.25) is 10.0 Å². The van der Waals surface area contributed by atoms with Gasteiger partial charge in [0.1, 0.15) is 0 Å². The summed E-state index contributed by atoms with van der Waals surface area (Å²) in [5.74, 6) is 0. The molecule has 2 heterocycles. The van der Waals surface area contributed by atoms with Crippen LogP contribution in [0.5, 0.6) is 0 Å². The Morgan fingerprint density at radius 3 is 2.48 bits per heavy atom. The van der Waals surface area contributed by atoms with E-state index in [0.717, 1.165) is 16.6 Å². The maximum atomic E-state index is 12.8. The minimum atomic E-state index is -3.44. The van der Waals surface area contributed by atoms with Crippen LogP contribution < -0.4 is 0 Å². The largest absolute Gasteiger partial charge is 0.342 e. The van der Waals surface area contributed by atoms with Crippen LogP contribution in [0.15, 0.2) is 59.5 Å². The van der Waals surface area contributed by atoms with Crippen molar-refractivity contribution < 1.29 is 8.42 Å². The van der Waals surface area contributed by atoms with Crippen molar-refractivity contribution in [3.8, 4) is 0 Å². The monoisotopic (exact) mass is 326 g/mol. The van der Waals surface area contributed by atoms with Gasteiger partial charge in [-0.3, -0.25) is 0 Å². The summed E-state index contributed by atoms with van der Waals surface area (Å²) in [6, 6.07) is 17.3. The molecule has 3 aromatic rings. The predicted molar refractivity (Wildman–Crippen MR) is 90.7 cm³/mol. The van der Waals surface area contributed by atoms with Gasteiger partial charge in [-0.25, -0.2) is 8.42 Å². The van der Waals surface area contributed by atoms with Crippen molar-refractivity contribution in [2.45, 2.75) is 24.9 Å². The first-order valence-corrected chi connectivity index (χ1v) is 9.14. The van der Waals surface area contributed by atoms with Gasteiger partial charge in [-0.05, 0) is 36.6 Å². The van der Waals surface area contributed by atoms with E-state index in [9.17, 15) is 8.42 Å². The normalized spacial score (nSPS) is 15.7. The second-order valence-corrected chi connectivity index (χ2v) is 7.94. The highest BCUT2D eigenvalue weighted by Crippen LogP contribution is 2.27. The lowest BCUT2D eigenvalue weighted by Crippen LogP contribution is -2.37. The first kappa shape index (κ1) is 14.5. The quantitative estimate of drug-likeness (QED) is 0.726. The number of hydrogen-bond acceptors (Lipinski definition) is 2. The van der Waals surface area contributed by atoms with Crippen molar-refractivity contribution in [1.82, 2.24) is 8.87 Å². The number of aromatic nitrogens is 1. The van der Waals surface area contributed by atoms with Crippen molar-refractivity contribution in [3.63, 3.8) is 0 Å². The van der Waals surface area contributed by atoms with Gasteiger partial charge in [0, 0.05) is 24.3 Å². The molecule has 0 amide bonds. The molecule has 0 atom stereocenters. The molecule has 0 bridgehead atoms.